The fraction of sp³-hybridized carbons (Fsp3) is 0.192. The largest absolute Gasteiger partial charge is 0.480 e. The third-order valence-electron chi connectivity index (χ3n) is 5.81. The number of halogens is 1. The van der Waals surface area contributed by atoms with Gasteiger partial charge < -0.3 is 15.2 Å². The molecule has 1 atom stereocenters. The van der Waals surface area contributed by atoms with Gasteiger partial charge in [0.1, 0.15) is 12.6 Å². The maximum absolute atomic E-state index is 12.6. The van der Waals surface area contributed by atoms with Crippen molar-refractivity contribution in [2.24, 2.45) is 0 Å². The van der Waals surface area contributed by atoms with Gasteiger partial charge in [0.05, 0.1) is 5.56 Å². The molecular formula is C26H23BrN2O5. The summed E-state index contributed by atoms with van der Waals surface area (Å²) in [6, 6.07) is 19.8. The number of benzene rings is 3. The van der Waals surface area contributed by atoms with Crippen molar-refractivity contribution >= 4 is 39.6 Å². The summed E-state index contributed by atoms with van der Waals surface area (Å²) in [6.07, 6.45) is -0.399. The molecule has 7 nitrogen and oxygen atoms in total. The number of nitrogens with one attached hydrogen (secondary N) is 2. The second-order valence-electron chi connectivity index (χ2n) is 7.92. The van der Waals surface area contributed by atoms with E-state index in [9.17, 15) is 19.5 Å². The zero-order valence-corrected chi connectivity index (χ0v) is 20.0. The molecule has 0 aliphatic heterocycles. The Morgan fingerprint density at radius 2 is 1.62 bits per heavy atom. The van der Waals surface area contributed by atoms with E-state index in [1.807, 2.05) is 36.4 Å². The number of fused-ring (bicyclic) bond motifs is 3. The van der Waals surface area contributed by atoms with Crippen LogP contribution in [0.25, 0.3) is 11.1 Å². The predicted octanol–water partition coefficient (Wildman–Crippen LogP) is 5.40. The van der Waals surface area contributed by atoms with Crippen molar-refractivity contribution in [2.45, 2.75) is 25.3 Å². The molecule has 2 amide bonds. The molecule has 0 bridgehead atoms. The Morgan fingerprint density at radius 1 is 1.00 bits per heavy atom. The van der Waals surface area contributed by atoms with E-state index >= 15 is 0 Å². The first kappa shape index (κ1) is 23.5. The van der Waals surface area contributed by atoms with Crippen molar-refractivity contribution in [2.75, 3.05) is 11.9 Å². The quantitative estimate of drug-likeness (QED) is 0.385. The van der Waals surface area contributed by atoms with Gasteiger partial charge in [-0.1, -0.05) is 55.5 Å². The van der Waals surface area contributed by atoms with Gasteiger partial charge in [-0.15, -0.1) is 0 Å². The van der Waals surface area contributed by atoms with Crippen LogP contribution in [0.5, 0.6) is 0 Å². The van der Waals surface area contributed by atoms with Gasteiger partial charge in [0.25, 0.3) is 5.91 Å². The first-order valence-corrected chi connectivity index (χ1v) is 11.6. The number of carbonyl (C=O) groups is 3. The zero-order chi connectivity index (χ0) is 24.2. The number of hydrogen-bond donors (Lipinski definition) is 3. The van der Waals surface area contributed by atoms with Crippen molar-refractivity contribution in [3.63, 3.8) is 0 Å². The molecule has 0 saturated heterocycles. The molecule has 34 heavy (non-hydrogen) atoms. The topological polar surface area (TPSA) is 105 Å². The van der Waals surface area contributed by atoms with E-state index in [1.165, 1.54) is 6.07 Å². The number of aliphatic carboxylic acids is 1. The van der Waals surface area contributed by atoms with Crippen molar-refractivity contribution in [3.05, 3.63) is 87.9 Å². The summed E-state index contributed by atoms with van der Waals surface area (Å²) in [6.45, 7) is 1.84. The molecule has 0 saturated carbocycles. The fourth-order valence-electron chi connectivity index (χ4n) is 4.10. The third kappa shape index (κ3) is 4.82. The highest BCUT2D eigenvalue weighted by Gasteiger charge is 2.29. The Balaban J connectivity index is 1.44. The Labute approximate surface area is 205 Å². The summed E-state index contributed by atoms with van der Waals surface area (Å²) >= 11 is 3.30. The SMILES string of the molecule is CC[C@H](NC(=O)c1cc(NC(=O)OCC2c3ccccc3-c3ccccc32)ccc1Br)C(=O)O. The van der Waals surface area contributed by atoms with Gasteiger partial charge in [-0.05, 0) is 62.8 Å². The van der Waals surface area contributed by atoms with Crippen LogP contribution in [-0.4, -0.2) is 35.7 Å². The van der Waals surface area contributed by atoms with Crippen LogP contribution in [0.4, 0.5) is 10.5 Å². The summed E-state index contributed by atoms with van der Waals surface area (Å²) in [5.41, 5.74) is 5.07. The second kappa shape index (κ2) is 10.1. The number of hydrogen-bond acceptors (Lipinski definition) is 4. The number of carbonyl (C=O) groups excluding carboxylic acids is 2. The minimum atomic E-state index is -1.11. The molecule has 174 valence electrons. The number of amides is 2. The maximum atomic E-state index is 12.6. The van der Waals surface area contributed by atoms with E-state index in [0.29, 0.717) is 10.2 Å². The lowest BCUT2D eigenvalue weighted by Gasteiger charge is -2.16. The molecule has 1 aliphatic carbocycles. The van der Waals surface area contributed by atoms with Gasteiger partial charge in [0.2, 0.25) is 0 Å². The van der Waals surface area contributed by atoms with Crippen LogP contribution >= 0.6 is 15.9 Å². The van der Waals surface area contributed by atoms with Gasteiger partial charge in [0, 0.05) is 16.1 Å². The first-order chi connectivity index (χ1) is 16.4. The van der Waals surface area contributed by atoms with E-state index in [-0.39, 0.29) is 24.5 Å². The molecule has 0 unspecified atom stereocenters. The van der Waals surface area contributed by atoms with Gasteiger partial charge in [-0.2, -0.15) is 0 Å². The summed E-state index contributed by atoms with van der Waals surface area (Å²) in [5.74, 6) is -1.73. The highest BCUT2D eigenvalue weighted by molar-refractivity contribution is 9.10. The minimum absolute atomic E-state index is 0.0635. The van der Waals surface area contributed by atoms with Crippen molar-refractivity contribution < 1.29 is 24.2 Å². The van der Waals surface area contributed by atoms with Crippen LogP contribution in [0.3, 0.4) is 0 Å². The Bertz CT molecular complexity index is 1210. The molecule has 0 spiro atoms. The van der Waals surface area contributed by atoms with Crippen LogP contribution in [0.2, 0.25) is 0 Å². The van der Waals surface area contributed by atoms with Gasteiger partial charge in [-0.3, -0.25) is 10.1 Å². The van der Waals surface area contributed by atoms with Gasteiger partial charge in [-0.25, -0.2) is 9.59 Å². The normalized spacial score (nSPS) is 12.9. The van der Waals surface area contributed by atoms with Gasteiger partial charge >= 0.3 is 12.1 Å². The molecule has 3 aromatic rings. The van der Waals surface area contributed by atoms with Crippen LogP contribution in [0.1, 0.15) is 40.7 Å². The molecule has 0 heterocycles. The average Bonchev–Trinajstić information content (AvgIpc) is 3.15. The lowest BCUT2D eigenvalue weighted by atomic mass is 9.98. The zero-order valence-electron chi connectivity index (χ0n) is 18.4. The number of carboxylic acid groups (broad SMARTS) is 1. The molecule has 3 N–H and O–H groups in total. The molecule has 1 aliphatic rings. The van der Waals surface area contributed by atoms with Crippen LogP contribution < -0.4 is 10.6 Å². The fourth-order valence-corrected chi connectivity index (χ4v) is 4.53. The molecule has 0 aromatic heterocycles. The molecule has 8 heteroatoms. The second-order valence-corrected chi connectivity index (χ2v) is 8.77. The summed E-state index contributed by atoms with van der Waals surface area (Å²) in [4.78, 5) is 36.3. The average molecular weight is 523 g/mol. The molecule has 3 aromatic carbocycles. The monoisotopic (exact) mass is 522 g/mol. The van der Waals surface area contributed by atoms with Crippen LogP contribution in [0.15, 0.2) is 71.2 Å². The predicted molar refractivity (Wildman–Crippen MR) is 132 cm³/mol. The summed E-state index contributed by atoms with van der Waals surface area (Å²) in [5, 5.41) is 14.3. The lowest BCUT2D eigenvalue weighted by Crippen LogP contribution is -2.40. The number of anilines is 1. The minimum Gasteiger partial charge on any atom is -0.480 e. The Morgan fingerprint density at radius 3 is 2.21 bits per heavy atom. The van der Waals surface area contributed by atoms with E-state index in [2.05, 4.69) is 38.7 Å². The van der Waals surface area contributed by atoms with Crippen LogP contribution in [-0.2, 0) is 9.53 Å². The van der Waals surface area contributed by atoms with Crippen molar-refractivity contribution in [3.8, 4) is 11.1 Å². The highest BCUT2D eigenvalue weighted by Crippen LogP contribution is 2.44. The lowest BCUT2D eigenvalue weighted by molar-refractivity contribution is -0.139. The molecule has 0 radical (unpaired) electrons. The smallest absolute Gasteiger partial charge is 0.411 e. The van der Waals surface area contributed by atoms with Crippen molar-refractivity contribution in [1.82, 2.24) is 5.32 Å². The molecule has 0 fully saturated rings. The third-order valence-corrected chi connectivity index (χ3v) is 6.50. The Hall–Kier alpha value is -3.65. The number of ether oxygens (including phenoxy) is 1. The number of rotatable bonds is 7. The number of carboxylic acids is 1. The van der Waals surface area contributed by atoms with Crippen molar-refractivity contribution in [1.29, 1.82) is 0 Å². The molecule has 4 rings (SSSR count). The van der Waals surface area contributed by atoms with E-state index in [4.69, 9.17) is 4.74 Å². The van der Waals surface area contributed by atoms with Gasteiger partial charge in [0.15, 0.2) is 0 Å². The summed E-state index contributed by atoms with van der Waals surface area (Å²) < 4.78 is 6.02. The van der Waals surface area contributed by atoms with E-state index < -0.39 is 24.0 Å². The van der Waals surface area contributed by atoms with E-state index in [0.717, 1.165) is 22.3 Å². The maximum Gasteiger partial charge on any atom is 0.411 e. The highest BCUT2D eigenvalue weighted by atomic mass is 79.9. The Kier molecular flexibility index (Phi) is 6.98. The van der Waals surface area contributed by atoms with E-state index in [1.54, 1.807) is 19.1 Å². The van der Waals surface area contributed by atoms with Crippen LogP contribution in [0, 0.1) is 0 Å². The summed E-state index contributed by atoms with van der Waals surface area (Å²) in [7, 11) is 0. The standard InChI is InChI=1S/C26H23BrN2O5/c1-2-23(25(31)32)29-24(30)20-13-15(11-12-22(20)27)28-26(33)34-14-21-18-9-5-3-7-16(18)17-8-4-6-10-19(17)21/h3-13,21,23H,2,14H2,1H3,(H,28,33)(H,29,30)(H,31,32)/t23-/m0/s1. The first-order valence-electron chi connectivity index (χ1n) is 10.8. The molecular weight excluding hydrogens is 500 g/mol.